The predicted octanol–water partition coefficient (Wildman–Crippen LogP) is 5.61. The Labute approximate surface area is 185 Å². The van der Waals surface area contributed by atoms with Crippen LogP contribution in [0.1, 0.15) is 5.69 Å². The first kappa shape index (κ1) is 20.1. The fourth-order valence-corrected chi connectivity index (χ4v) is 4.19. The molecule has 2 aromatic heterocycles. The number of aromatic nitrogens is 3. The molecule has 0 atom stereocenters. The van der Waals surface area contributed by atoms with Crippen LogP contribution in [0.5, 0.6) is 0 Å². The molecule has 0 N–H and O–H groups in total. The topological polar surface area (TPSA) is 60.9 Å². The summed E-state index contributed by atoms with van der Waals surface area (Å²) in [7, 11) is 0. The maximum atomic E-state index is 14.6. The van der Waals surface area contributed by atoms with E-state index >= 15 is 0 Å². The third-order valence-electron chi connectivity index (χ3n) is 4.82. The molecule has 0 saturated carbocycles. The highest BCUT2D eigenvalue weighted by Gasteiger charge is 2.17. The largest absolute Gasteiger partial charge is 0.444 e. The van der Waals surface area contributed by atoms with Crippen LogP contribution in [0.4, 0.5) is 8.78 Å². The Kier molecular flexibility index (Phi) is 5.28. The van der Waals surface area contributed by atoms with Crippen molar-refractivity contribution >= 4 is 22.7 Å². The highest BCUT2D eigenvalue weighted by molar-refractivity contribution is 7.98. The number of hydrogen-bond donors (Lipinski definition) is 0. The van der Waals surface area contributed by atoms with Crippen molar-refractivity contribution in [3.05, 3.63) is 107 Å². The molecular formula is C24H15F2N3O2S. The van der Waals surface area contributed by atoms with E-state index in [4.69, 9.17) is 4.42 Å². The molecule has 32 heavy (non-hydrogen) atoms. The molecule has 3 aromatic carbocycles. The number of hydrogen-bond acceptors (Lipinski definition) is 5. The average molecular weight is 447 g/mol. The SMILES string of the molecule is O=c1c2ccccc2nc(SCc2coc(-c3ccccc3)n2)n1-c1ccc(F)cc1F. The van der Waals surface area contributed by atoms with Crippen LogP contribution >= 0.6 is 11.8 Å². The van der Waals surface area contributed by atoms with E-state index in [1.165, 1.54) is 28.7 Å². The van der Waals surface area contributed by atoms with Gasteiger partial charge < -0.3 is 4.42 Å². The van der Waals surface area contributed by atoms with Gasteiger partial charge in [0.15, 0.2) is 5.16 Å². The molecule has 158 valence electrons. The van der Waals surface area contributed by atoms with E-state index in [1.54, 1.807) is 24.3 Å². The van der Waals surface area contributed by atoms with E-state index in [9.17, 15) is 13.6 Å². The summed E-state index contributed by atoms with van der Waals surface area (Å²) in [6, 6.07) is 19.4. The van der Waals surface area contributed by atoms with Crippen molar-refractivity contribution < 1.29 is 13.2 Å². The van der Waals surface area contributed by atoms with Gasteiger partial charge in [0.05, 0.1) is 22.3 Å². The highest BCUT2D eigenvalue weighted by atomic mass is 32.2. The Hall–Kier alpha value is -3.78. The second-order valence-corrected chi connectivity index (χ2v) is 7.89. The van der Waals surface area contributed by atoms with E-state index < -0.39 is 17.2 Å². The van der Waals surface area contributed by atoms with Gasteiger partial charge in [-0.05, 0) is 36.4 Å². The first-order valence-electron chi connectivity index (χ1n) is 9.70. The second kappa shape index (κ2) is 8.39. The van der Waals surface area contributed by atoms with Gasteiger partial charge >= 0.3 is 0 Å². The van der Waals surface area contributed by atoms with Crippen molar-refractivity contribution in [3.63, 3.8) is 0 Å². The van der Waals surface area contributed by atoms with Crippen LogP contribution in [0, 0.1) is 11.6 Å². The predicted molar refractivity (Wildman–Crippen MR) is 119 cm³/mol. The first-order valence-corrected chi connectivity index (χ1v) is 10.7. The smallest absolute Gasteiger partial charge is 0.266 e. The van der Waals surface area contributed by atoms with Gasteiger partial charge in [0.25, 0.3) is 5.56 Å². The summed E-state index contributed by atoms with van der Waals surface area (Å²) in [5.74, 6) is -0.754. The average Bonchev–Trinajstić information content (AvgIpc) is 3.28. The van der Waals surface area contributed by atoms with Crippen molar-refractivity contribution in [2.45, 2.75) is 10.9 Å². The molecule has 5 nitrogen and oxygen atoms in total. The molecule has 8 heteroatoms. The molecule has 0 fully saturated rings. The fourth-order valence-electron chi connectivity index (χ4n) is 3.31. The zero-order chi connectivity index (χ0) is 22.1. The Morgan fingerprint density at radius 2 is 1.72 bits per heavy atom. The number of benzene rings is 3. The van der Waals surface area contributed by atoms with Crippen LogP contribution in [0.25, 0.3) is 28.0 Å². The van der Waals surface area contributed by atoms with Crippen molar-refractivity contribution in [3.8, 4) is 17.1 Å². The van der Waals surface area contributed by atoms with Crippen molar-refractivity contribution in [1.29, 1.82) is 0 Å². The Bertz CT molecular complexity index is 1480. The Morgan fingerprint density at radius 1 is 0.938 bits per heavy atom. The van der Waals surface area contributed by atoms with Crippen molar-refractivity contribution in [2.75, 3.05) is 0 Å². The van der Waals surface area contributed by atoms with Gasteiger partial charge in [-0.1, -0.05) is 42.1 Å². The fraction of sp³-hybridized carbons (Fsp3) is 0.0417. The lowest BCUT2D eigenvalue weighted by Crippen LogP contribution is -2.22. The molecule has 0 aliphatic heterocycles. The zero-order valence-corrected chi connectivity index (χ0v) is 17.4. The second-order valence-electron chi connectivity index (χ2n) is 6.95. The van der Waals surface area contributed by atoms with Gasteiger partial charge in [-0.25, -0.2) is 18.7 Å². The quantitative estimate of drug-likeness (QED) is 0.259. The van der Waals surface area contributed by atoms with E-state index in [1.807, 2.05) is 30.3 Å². The third-order valence-corrected chi connectivity index (χ3v) is 5.79. The summed E-state index contributed by atoms with van der Waals surface area (Å²) < 4.78 is 34.8. The molecule has 0 radical (unpaired) electrons. The third kappa shape index (κ3) is 3.80. The number of para-hydroxylation sites is 1. The van der Waals surface area contributed by atoms with E-state index in [2.05, 4.69) is 9.97 Å². The summed E-state index contributed by atoms with van der Waals surface area (Å²) in [6.07, 6.45) is 1.54. The molecule has 5 aromatic rings. The Balaban J connectivity index is 1.55. The van der Waals surface area contributed by atoms with Crippen LogP contribution < -0.4 is 5.56 Å². The molecule has 0 amide bonds. The van der Waals surface area contributed by atoms with Gasteiger partial charge in [-0.15, -0.1) is 0 Å². The van der Waals surface area contributed by atoms with Crippen molar-refractivity contribution in [1.82, 2.24) is 14.5 Å². The molecule has 0 aliphatic rings. The van der Waals surface area contributed by atoms with Crippen LogP contribution in [-0.2, 0) is 5.75 Å². The summed E-state index contributed by atoms with van der Waals surface area (Å²) in [4.78, 5) is 22.3. The van der Waals surface area contributed by atoms with E-state index in [0.717, 1.165) is 17.7 Å². The van der Waals surface area contributed by atoms with E-state index in [-0.39, 0.29) is 10.8 Å². The molecule has 0 unspecified atom stereocenters. The molecule has 5 rings (SSSR count). The summed E-state index contributed by atoms with van der Waals surface area (Å²) in [5.41, 5.74) is 1.47. The lowest BCUT2D eigenvalue weighted by molar-refractivity contribution is 0.572. The van der Waals surface area contributed by atoms with Gasteiger partial charge in [-0.3, -0.25) is 9.36 Å². The van der Waals surface area contributed by atoms with Crippen LogP contribution in [0.2, 0.25) is 0 Å². The molecular weight excluding hydrogens is 432 g/mol. The lowest BCUT2D eigenvalue weighted by Gasteiger charge is -2.13. The Morgan fingerprint density at radius 3 is 2.53 bits per heavy atom. The molecule has 0 bridgehead atoms. The molecule has 0 aliphatic carbocycles. The van der Waals surface area contributed by atoms with E-state index in [0.29, 0.717) is 28.2 Å². The van der Waals surface area contributed by atoms with Gasteiger partial charge in [-0.2, -0.15) is 0 Å². The van der Waals surface area contributed by atoms with Gasteiger partial charge in [0.2, 0.25) is 5.89 Å². The minimum atomic E-state index is -0.848. The number of halogens is 2. The van der Waals surface area contributed by atoms with Crippen LogP contribution in [0.3, 0.4) is 0 Å². The monoisotopic (exact) mass is 447 g/mol. The van der Waals surface area contributed by atoms with Crippen LogP contribution in [-0.4, -0.2) is 14.5 Å². The maximum Gasteiger partial charge on any atom is 0.266 e. The number of fused-ring (bicyclic) bond motifs is 1. The van der Waals surface area contributed by atoms with Gasteiger partial charge in [0, 0.05) is 17.4 Å². The summed E-state index contributed by atoms with van der Waals surface area (Å²) in [6.45, 7) is 0. The number of rotatable bonds is 5. The normalized spacial score (nSPS) is 11.2. The molecule has 0 spiro atoms. The number of nitrogens with zero attached hydrogens (tertiary/aromatic N) is 3. The maximum absolute atomic E-state index is 14.6. The minimum Gasteiger partial charge on any atom is -0.444 e. The zero-order valence-electron chi connectivity index (χ0n) is 16.5. The summed E-state index contributed by atoms with van der Waals surface area (Å²) >= 11 is 1.21. The summed E-state index contributed by atoms with van der Waals surface area (Å²) in [5, 5.41) is 0.608. The van der Waals surface area contributed by atoms with Gasteiger partial charge in [0.1, 0.15) is 17.9 Å². The first-order chi connectivity index (χ1) is 15.6. The van der Waals surface area contributed by atoms with Crippen LogP contribution in [0.15, 0.2) is 93.4 Å². The highest BCUT2D eigenvalue weighted by Crippen LogP contribution is 2.27. The number of oxazole rings is 1. The lowest BCUT2D eigenvalue weighted by atomic mass is 10.2. The minimum absolute atomic E-state index is 0.0673. The standard InChI is InChI=1S/C24H15F2N3O2S/c25-16-10-11-21(19(26)12-16)29-23(30)18-8-4-5-9-20(18)28-24(29)32-14-17-13-31-22(27-17)15-6-2-1-3-7-15/h1-13H,14H2. The number of thioether (sulfide) groups is 1. The molecule has 2 heterocycles. The molecule has 0 saturated heterocycles. The van der Waals surface area contributed by atoms with Crippen molar-refractivity contribution in [2.24, 2.45) is 0 Å².